The minimum Gasteiger partial charge on any atom is -0.337 e. The Bertz CT molecular complexity index is 1090. The molecule has 0 bridgehead atoms. The molecule has 2 N–H and O–H groups in total. The normalized spacial score (nSPS) is 10.9. The highest BCUT2D eigenvalue weighted by atomic mass is 19.1. The van der Waals surface area contributed by atoms with Crippen LogP contribution in [0.25, 0.3) is 11.3 Å². The van der Waals surface area contributed by atoms with Crippen LogP contribution < -0.4 is 10.6 Å². The smallest absolute Gasteiger partial charge is 0.245 e. The predicted octanol–water partition coefficient (Wildman–Crippen LogP) is 4.26. The summed E-state index contributed by atoms with van der Waals surface area (Å²) in [7, 11) is 0. The van der Waals surface area contributed by atoms with Gasteiger partial charge in [-0.2, -0.15) is 0 Å². The third-order valence-corrected chi connectivity index (χ3v) is 4.01. The standard InChI is InChI=1S/C18H15FN6O/c1-10-7-8-12(9-11(10)2)20-15-16(21-14-6-4-3-5-13(14)19)23-18-17(22-15)24-26-25-18/h3-9H,1-2H3,(H,20,22,24)(H,21,23,25). The first-order valence-corrected chi connectivity index (χ1v) is 7.96. The Hall–Kier alpha value is -3.55. The van der Waals surface area contributed by atoms with Gasteiger partial charge in [-0.25, -0.2) is 19.0 Å². The zero-order chi connectivity index (χ0) is 18.1. The number of anilines is 4. The van der Waals surface area contributed by atoms with Crippen molar-refractivity contribution in [3.05, 3.63) is 59.4 Å². The van der Waals surface area contributed by atoms with Crippen LogP contribution in [0.4, 0.5) is 27.4 Å². The van der Waals surface area contributed by atoms with Gasteiger partial charge in [-0.1, -0.05) is 18.2 Å². The van der Waals surface area contributed by atoms with E-state index in [1.54, 1.807) is 18.2 Å². The fraction of sp³-hybridized carbons (Fsp3) is 0.111. The second-order valence-corrected chi connectivity index (χ2v) is 5.86. The van der Waals surface area contributed by atoms with Crippen LogP contribution in [0.5, 0.6) is 0 Å². The van der Waals surface area contributed by atoms with E-state index in [-0.39, 0.29) is 17.0 Å². The van der Waals surface area contributed by atoms with E-state index in [1.807, 2.05) is 32.0 Å². The maximum Gasteiger partial charge on any atom is 0.245 e. The van der Waals surface area contributed by atoms with E-state index in [9.17, 15) is 4.39 Å². The molecular formula is C18H15FN6O. The summed E-state index contributed by atoms with van der Waals surface area (Å²) in [5, 5.41) is 13.6. The Labute approximate surface area is 148 Å². The van der Waals surface area contributed by atoms with E-state index in [0.717, 1.165) is 11.3 Å². The highest BCUT2D eigenvalue weighted by Crippen LogP contribution is 2.28. The quantitative estimate of drug-likeness (QED) is 0.568. The number of aryl methyl sites for hydroxylation is 2. The minimum atomic E-state index is -0.398. The first kappa shape index (κ1) is 15.9. The van der Waals surface area contributed by atoms with Crippen LogP contribution in [0.1, 0.15) is 11.1 Å². The summed E-state index contributed by atoms with van der Waals surface area (Å²) in [4.78, 5) is 8.72. The van der Waals surface area contributed by atoms with Crippen molar-refractivity contribution in [1.29, 1.82) is 0 Å². The third kappa shape index (κ3) is 3.04. The fourth-order valence-electron chi connectivity index (χ4n) is 2.46. The van der Waals surface area contributed by atoms with Gasteiger partial charge in [0.15, 0.2) is 11.6 Å². The molecule has 130 valence electrons. The van der Waals surface area contributed by atoms with Gasteiger partial charge in [0.2, 0.25) is 11.3 Å². The molecule has 0 amide bonds. The molecule has 4 aromatic rings. The summed E-state index contributed by atoms with van der Waals surface area (Å²) in [6.45, 7) is 4.06. The Kier molecular flexibility index (Phi) is 3.92. The molecule has 0 fully saturated rings. The van der Waals surface area contributed by atoms with E-state index >= 15 is 0 Å². The lowest BCUT2D eigenvalue weighted by Gasteiger charge is -2.13. The average molecular weight is 350 g/mol. The van der Waals surface area contributed by atoms with E-state index in [1.165, 1.54) is 11.6 Å². The number of fused-ring (bicyclic) bond motifs is 1. The zero-order valence-electron chi connectivity index (χ0n) is 14.1. The molecule has 0 atom stereocenters. The number of hydrogen-bond donors (Lipinski definition) is 2. The molecule has 0 spiro atoms. The van der Waals surface area contributed by atoms with Crippen LogP contribution in [-0.4, -0.2) is 20.3 Å². The Morgan fingerprint density at radius 3 is 2.23 bits per heavy atom. The number of nitrogens with zero attached hydrogens (tertiary/aromatic N) is 4. The monoisotopic (exact) mass is 350 g/mol. The van der Waals surface area contributed by atoms with Gasteiger partial charge in [0.1, 0.15) is 5.82 Å². The van der Waals surface area contributed by atoms with E-state index in [4.69, 9.17) is 0 Å². The number of hydrogen-bond acceptors (Lipinski definition) is 7. The van der Waals surface area contributed by atoms with Crippen LogP contribution >= 0.6 is 0 Å². The molecule has 4 rings (SSSR count). The number of aromatic nitrogens is 4. The van der Waals surface area contributed by atoms with Gasteiger partial charge in [0.25, 0.3) is 0 Å². The van der Waals surface area contributed by atoms with Gasteiger partial charge < -0.3 is 10.6 Å². The van der Waals surface area contributed by atoms with Gasteiger partial charge in [0, 0.05) is 5.69 Å². The van der Waals surface area contributed by atoms with Crippen molar-refractivity contribution < 1.29 is 9.02 Å². The molecule has 0 aliphatic rings. The molecular weight excluding hydrogens is 335 g/mol. The number of rotatable bonds is 4. The van der Waals surface area contributed by atoms with Gasteiger partial charge in [0.05, 0.1) is 5.69 Å². The summed E-state index contributed by atoms with van der Waals surface area (Å²) >= 11 is 0. The third-order valence-electron chi connectivity index (χ3n) is 4.01. The van der Waals surface area contributed by atoms with Gasteiger partial charge in [-0.15, -0.1) is 0 Å². The Morgan fingerprint density at radius 1 is 0.846 bits per heavy atom. The first-order valence-electron chi connectivity index (χ1n) is 7.96. The van der Waals surface area contributed by atoms with E-state index < -0.39 is 5.82 Å². The maximum absolute atomic E-state index is 14.0. The zero-order valence-corrected chi connectivity index (χ0v) is 14.1. The molecule has 8 heteroatoms. The van der Waals surface area contributed by atoms with E-state index in [2.05, 4.69) is 35.5 Å². The van der Waals surface area contributed by atoms with Crippen molar-refractivity contribution >= 4 is 34.3 Å². The van der Waals surface area contributed by atoms with Crippen LogP contribution in [-0.2, 0) is 0 Å². The highest BCUT2D eigenvalue weighted by Gasteiger charge is 2.14. The summed E-state index contributed by atoms with van der Waals surface area (Å²) in [6.07, 6.45) is 0. The summed E-state index contributed by atoms with van der Waals surface area (Å²) in [5.41, 5.74) is 3.92. The van der Waals surface area contributed by atoms with Crippen molar-refractivity contribution in [2.75, 3.05) is 10.6 Å². The number of halogens is 1. The number of para-hydroxylation sites is 1. The molecule has 0 aliphatic heterocycles. The van der Waals surface area contributed by atoms with Gasteiger partial charge in [-0.05, 0) is 59.6 Å². The van der Waals surface area contributed by atoms with Gasteiger partial charge in [-0.3, -0.25) is 0 Å². The molecule has 0 radical (unpaired) electrons. The van der Waals surface area contributed by atoms with Crippen molar-refractivity contribution in [2.24, 2.45) is 0 Å². The lowest BCUT2D eigenvalue weighted by Crippen LogP contribution is -2.04. The molecule has 2 heterocycles. The molecule has 2 aromatic heterocycles. The first-order chi connectivity index (χ1) is 12.6. The molecule has 0 saturated carbocycles. The fourth-order valence-corrected chi connectivity index (χ4v) is 2.46. The van der Waals surface area contributed by atoms with Crippen LogP contribution in [0.15, 0.2) is 47.1 Å². The Morgan fingerprint density at radius 2 is 1.54 bits per heavy atom. The molecule has 2 aromatic carbocycles. The molecule has 0 saturated heterocycles. The second kappa shape index (κ2) is 6.40. The van der Waals surface area contributed by atoms with Crippen molar-refractivity contribution in [2.45, 2.75) is 13.8 Å². The molecule has 7 nitrogen and oxygen atoms in total. The van der Waals surface area contributed by atoms with Crippen molar-refractivity contribution in [3.63, 3.8) is 0 Å². The second-order valence-electron chi connectivity index (χ2n) is 5.86. The maximum atomic E-state index is 14.0. The lowest BCUT2D eigenvalue weighted by molar-refractivity contribution is 0.314. The molecule has 26 heavy (non-hydrogen) atoms. The largest absolute Gasteiger partial charge is 0.337 e. The Balaban J connectivity index is 1.76. The SMILES string of the molecule is Cc1ccc(Nc2nc3nonc3nc2Nc2ccccc2F)cc1C. The predicted molar refractivity (Wildman–Crippen MR) is 96.3 cm³/mol. The minimum absolute atomic E-state index is 0.231. The summed E-state index contributed by atoms with van der Waals surface area (Å²) in [5.74, 6) is 0.307. The summed E-state index contributed by atoms with van der Waals surface area (Å²) in [6, 6.07) is 12.3. The van der Waals surface area contributed by atoms with Gasteiger partial charge >= 0.3 is 0 Å². The average Bonchev–Trinajstić information content (AvgIpc) is 3.07. The summed E-state index contributed by atoms with van der Waals surface area (Å²) < 4.78 is 18.7. The molecule has 0 unspecified atom stereocenters. The van der Waals surface area contributed by atoms with E-state index in [0.29, 0.717) is 11.6 Å². The van der Waals surface area contributed by atoms with Crippen molar-refractivity contribution in [3.8, 4) is 0 Å². The lowest BCUT2D eigenvalue weighted by atomic mass is 10.1. The number of nitrogens with one attached hydrogen (secondary N) is 2. The van der Waals surface area contributed by atoms with Crippen LogP contribution in [0, 0.1) is 19.7 Å². The van der Waals surface area contributed by atoms with Crippen LogP contribution in [0.3, 0.4) is 0 Å². The van der Waals surface area contributed by atoms with Crippen LogP contribution in [0.2, 0.25) is 0 Å². The van der Waals surface area contributed by atoms with Crippen molar-refractivity contribution in [1.82, 2.24) is 20.3 Å². The molecule has 0 aliphatic carbocycles. The highest BCUT2D eigenvalue weighted by molar-refractivity contribution is 5.79. The number of benzene rings is 2. The topological polar surface area (TPSA) is 88.8 Å².